The van der Waals surface area contributed by atoms with Crippen molar-refractivity contribution in [3.63, 3.8) is 0 Å². The maximum absolute atomic E-state index is 13.6. The fourth-order valence-electron chi connectivity index (χ4n) is 2.06. The summed E-state index contributed by atoms with van der Waals surface area (Å²) in [5.41, 5.74) is -0.798. The summed E-state index contributed by atoms with van der Waals surface area (Å²) in [5, 5.41) is -0.200. The maximum Gasteiger partial charge on any atom is 0.416 e. The number of halogens is 4. The number of thioether (sulfide) groups is 1. The van der Waals surface area contributed by atoms with E-state index in [1.54, 1.807) is 0 Å². The molecule has 0 N–H and O–H groups in total. The first kappa shape index (κ1) is 16.5. The Labute approximate surface area is 137 Å². The summed E-state index contributed by atoms with van der Waals surface area (Å²) in [5.74, 6) is -0.456. The second-order valence-electron chi connectivity index (χ2n) is 4.88. The molecule has 8 heteroatoms. The number of rotatable bonds is 3. The molecule has 24 heavy (non-hydrogen) atoms. The van der Waals surface area contributed by atoms with E-state index in [-0.39, 0.29) is 21.9 Å². The summed E-state index contributed by atoms with van der Waals surface area (Å²) >= 11 is 1.04. The standard InChI is InChI=1S/C16H9F4NO2S/c17-11-2-1-3-12-13(11)14(22)23-15(21-12)24-8-9-4-6-10(7-5-9)16(18,19)20/h1-7H,8H2. The second kappa shape index (κ2) is 6.27. The summed E-state index contributed by atoms with van der Waals surface area (Å²) in [4.78, 5) is 15.8. The number of alkyl halides is 3. The third-order valence-corrected chi connectivity index (χ3v) is 4.13. The lowest BCUT2D eigenvalue weighted by atomic mass is 10.1. The average molecular weight is 355 g/mol. The van der Waals surface area contributed by atoms with Gasteiger partial charge in [-0.25, -0.2) is 14.2 Å². The smallest absolute Gasteiger partial charge is 0.397 e. The molecular formula is C16H9F4NO2S. The largest absolute Gasteiger partial charge is 0.416 e. The van der Waals surface area contributed by atoms with E-state index in [4.69, 9.17) is 4.42 Å². The minimum Gasteiger partial charge on any atom is -0.397 e. The highest BCUT2D eigenvalue weighted by Crippen LogP contribution is 2.30. The minimum absolute atomic E-state index is 0.0259. The summed E-state index contributed by atoms with van der Waals surface area (Å²) < 4.78 is 56.0. The van der Waals surface area contributed by atoms with E-state index in [0.29, 0.717) is 5.56 Å². The van der Waals surface area contributed by atoms with Gasteiger partial charge < -0.3 is 4.42 Å². The Bertz CT molecular complexity index is 935. The van der Waals surface area contributed by atoms with Crippen LogP contribution in [0, 0.1) is 5.82 Å². The Morgan fingerprint density at radius 2 is 1.79 bits per heavy atom. The SMILES string of the molecule is O=c1oc(SCc2ccc(C(F)(F)F)cc2)nc2cccc(F)c12. The van der Waals surface area contributed by atoms with Gasteiger partial charge in [-0.15, -0.1) is 0 Å². The van der Waals surface area contributed by atoms with Crippen LogP contribution in [0.3, 0.4) is 0 Å². The van der Waals surface area contributed by atoms with Crippen LogP contribution in [-0.2, 0) is 11.9 Å². The highest BCUT2D eigenvalue weighted by atomic mass is 32.2. The van der Waals surface area contributed by atoms with Crippen molar-refractivity contribution in [1.82, 2.24) is 4.98 Å². The minimum atomic E-state index is -4.39. The van der Waals surface area contributed by atoms with Crippen LogP contribution in [0.2, 0.25) is 0 Å². The van der Waals surface area contributed by atoms with E-state index in [0.717, 1.165) is 30.0 Å². The van der Waals surface area contributed by atoms with Gasteiger partial charge in [-0.05, 0) is 29.8 Å². The van der Waals surface area contributed by atoms with E-state index in [2.05, 4.69) is 4.98 Å². The Balaban J connectivity index is 1.80. The number of aromatic nitrogens is 1. The molecule has 0 aliphatic heterocycles. The van der Waals surface area contributed by atoms with Gasteiger partial charge in [-0.2, -0.15) is 13.2 Å². The first-order valence-corrected chi connectivity index (χ1v) is 7.71. The van der Waals surface area contributed by atoms with Crippen molar-refractivity contribution in [2.45, 2.75) is 17.2 Å². The Morgan fingerprint density at radius 3 is 2.46 bits per heavy atom. The fraction of sp³-hybridized carbons (Fsp3) is 0.125. The van der Waals surface area contributed by atoms with Crippen molar-refractivity contribution in [1.29, 1.82) is 0 Å². The average Bonchev–Trinajstić information content (AvgIpc) is 2.52. The van der Waals surface area contributed by atoms with Crippen molar-refractivity contribution in [2.24, 2.45) is 0 Å². The van der Waals surface area contributed by atoms with Gasteiger partial charge in [0, 0.05) is 5.75 Å². The number of hydrogen-bond donors (Lipinski definition) is 0. The van der Waals surface area contributed by atoms with Gasteiger partial charge in [0.2, 0.25) is 0 Å². The van der Waals surface area contributed by atoms with E-state index in [1.807, 2.05) is 0 Å². The van der Waals surface area contributed by atoms with Gasteiger partial charge in [0.15, 0.2) is 0 Å². The molecule has 0 radical (unpaired) electrons. The van der Waals surface area contributed by atoms with E-state index in [1.165, 1.54) is 24.3 Å². The molecule has 3 nitrogen and oxygen atoms in total. The molecule has 0 aliphatic carbocycles. The molecule has 0 bridgehead atoms. The quantitative estimate of drug-likeness (QED) is 0.507. The zero-order valence-electron chi connectivity index (χ0n) is 11.9. The molecule has 0 unspecified atom stereocenters. The Morgan fingerprint density at radius 1 is 1.08 bits per heavy atom. The van der Waals surface area contributed by atoms with Crippen molar-refractivity contribution >= 4 is 22.7 Å². The molecule has 1 heterocycles. The second-order valence-corrected chi connectivity index (χ2v) is 5.81. The molecule has 3 aromatic rings. The molecule has 0 saturated carbocycles. The van der Waals surface area contributed by atoms with Crippen molar-refractivity contribution < 1.29 is 22.0 Å². The third-order valence-electron chi connectivity index (χ3n) is 3.23. The normalized spacial score (nSPS) is 11.8. The lowest BCUT2D eigenvalue weighted by Crippen LogP contribution is -2.05. The monoisotopic (exact) mass is 355 g/mol. The van der Waals surface area contributed by atoms with Gasteiger partial charge in [0.1, 0.15) is 11.2 Å². The van der Waals surface area contributed by atoms with Crippen LogP contribution in [0.5, 0.6) is 0 Å². The van der Waals surface area contributed by atoms with Crippen LogP contribution in [0.15, 0.2) is 56.9 Å². The fourth-order valence-corrected chi connectivity index (χ4v) is 2.84. The Hall–Kier alpha value is -2.35. The lowest BCUT2D eigenvalue weighted by Gasteiger charge is -2.07. The number of fused-ring (bicyclic) bond motifs is 1. The molecule has 0 spiro atoms. The summed E-state index contributed by atoms with van der Waals surface area (Å²) in [6.07, 6.45) is -4.39. The highest BCUT2D eigenvalue weighted by Gasteiger charge is 2.29. The molecule has 2 aromatic carbocycles. The molecule has 3 rings (SSSR count). The first-order chi connectivity index (χ1) is 11.3. The number of hydrogen-bond acceptors (Lipinski definition) is 4. The summed E-state index contributed by atoms with van der Waals surface area (Å²) in [7, 11) is 0. The van der Waals surface area contributed by atoms with Gasteiger partial charge in [-0.1, -0.05) is 30.0 Å². The maximum atomic E-state index is 13.6. The Kier molecular flexibility index (Phi) is 4.31. The number of nitrogens with zero attached hydrogens (tertiary/aromatic N) is 1. The van der Waals surface area contributed by atoms with E-state index < -0.39 is 23.2 Å². The third kappa shape index (κ3) is 3.43. The van der Waals surface area contributed by atoms with Gasteiger partial charge in [0.05, 0.1) is 11.1 Å². The first-order valence-electron chi connectivity index (χ1n) is 6.73. The van der Waals surface area contributed by atoms with Crippen molar-refractivity contribution in [3.05, 3.63) is 69.8 Å². The van der Waals surface area contributed by atoms with E-state index in [9.17, 15) is 22.4 Å². The molecule has 0 amide bonds. The van der Waals surface area contributed by atoms with Gasteiger partial charge in [-0.3, -0.25) is 0 Å². The molecule has 0 saturated heterocycles. The summed E-state index contributed by atoms with van der Waals surface area (Å²) in [6.45, 7) is 0. The van der Waals surface area contributed by atoms with Crippen molar-refractivity contribution in [3.8, 4) is 0 Å². The van der Waals surface area contributed by atoms with Crippen LogP contribution in [-0.4, -0.2) is 4.98 Å². The molecule has 0 aliphatic rings. The van der Waals surface area contributed by atoms with Gasteiger partial charge in [0.25, 0.3) is 5.22 Å². The molecule has 0 atom stereocenters. The zero-order chi connectivity index (χ0) is 17.3. The van der Waals surface area contributed by atoms with Gasteiger partial charge >= 0.3 is 11.8 Å². The predicted octanol–water partition coefficient (Wildman–Crippen LogP) is 4.64. The van der Waals surface area contributed by atoms with Crippen LogP contribution < -0.4 is 5.63 Å². The predicted molar refractivity (Wildman–Crippen MR) is 81.2 cm³/mol. The summed E-state index contributed by atoms with van der Waals surface area (Å²) in [6, 6.07) is 8.69. The molecule has 0 fully saturated rings. The number of benzene rings is 2. The highest BCUT2D eigenvalue weighted by molar-refractivity contribution is 7.98. The van der Waals surface area contributed by atoms with Crippen molar-refractivity contribution in [2.75, 3.05) is 0 Å². The van der Waals surface area contributed by atoms with E-state index >= 15 is 0 Å². The lowest BCUT2D eigenvalue weighted by molar-refractivity contribution is -0.137. The van der Waals surface area contributed by atoms with Crippen LogP contribution in [0.1, 0.15) is 11.1 Å². The van der Waals surface area contributed by atoms with Crippen LogP contribution in [0.4, 0.5) is 17.6 Å². The van der Waals surface area contributed by atoms with Crippen LogP contribution >= 0.6 is 11.8 Å². The zero-order valence-corrected chi connectivity index (χ0v) is 12.7. The molecule has 124 valence electrons. The molecule has 1 aromatic heterocycles. The topological polar surface area (TPSA) is 43.1 Å². The van der Waals surface area contributed by atoms with Crippen LogP contribution in [0.25, 0.3) is 10.9 Å². The molecular weight excluding hydrogens is 346 g/mol.